The van der Waals surface area contributed by atoms with Gasteiger partial charge in [-0.2, -0.15) is 0 Å². The van der Waals surface area contributed by atoms with Gasteiger partial charge in [0, 0.05) is 12.0 Å². The summed E-state index contributed by atoms with van der Waals surface area (Å²) in [5, 5.41) is 13.9. The summed E-state index contributed by atoms with van der Waals surface area (Å²) in [5.74, 6) is -1.42. The van der Waals surface area contributed by atoms with Crippen molar-refractivity contribution in [2.45, 2.75) is 19.4 Å². The molecular formula is C21H19NO3. The summed E-state index contributed by atoms with van der Waals surface area (Å²) in [5.41, 5.74) is 2.40. The third-order valence-electron chi connectivity index (χ3n) is 4.32. The number of carbonyl (C=O) groups excluding carboxylic acids is 1. The van der Waals surface area contributed by atoms with Crippen LogP contribution in [0.25, 0.3) is 10.8 Å². The van der Waals surface area contributed by atoms with Gasteiger partial charge in [-0.3, -0.25) is 4.79 Å². The SMILES string of the molecule is Cc1ccccc1C[C@H](NC(=O)c1cccc2ccccc12)C(=O)O. The quantitative estimate of drug-likeness (QED) is 0.750. The molecule has 0 aliphatic carbocycles. The minimum Gasteiger partial charge on any atom is -0.480 e. The normalized spacial score (nSPS) is 11.9. The number of rotatable bonds is 5. The Hall–Kier alpha value is -3.14. The van der Waals surface area contributed by atoms with Gasteiger partial charge in [0.15, 0.2) is 0 Å². The van der Waals surface area contributed by atoms with Gasteiger partial charge in [0.1, 0.15) is 6.04 Å². The lowest BCUT2D eigenvalue weighted by Gasteiger charge is -2.16. The first-order valence-electron chi connectivity index (χ1n) is 8.12. The lowest BCUT2D eigenvalue weighted by Crippen LogP contribution is -2.42. The summed E-state index contributed by atoms with van der Waals surface area (Å²) < 4.78 is 0. The Balaban J connectivity index is 1.86. The summed E-state index contributed by atoms with van der Waals surface area (Å²) in [7, 11) is 0. The predicted octanol–water partition coefficient (Wildman–Crippen LogP) is 3.57. The second-order valence-electron chi connectivity index (χ2n) is 6.02. The van der Waals surface area contributed by atoms with Crippen LogP contribution in [0.3, 0.4) is 0 Å². The van der Waals surface area contributed by atoms with Gasteiger partial charge in [0.05, 0.1) is 0 Å². The molecule has 25 heavy (non-hydrogen) atoms. The molecule has 3 rings (SSSR count). The Bertz CT molecular complexity index is 928. The molecular weight excluding hydrogens is 314 g/mol. The van der Waals surface area contributed by atoms with Crippen LogP contribution in [0, 0.1) is 6.92 Å². The van der Waals surface area contributed by atoms with Crippen LogP contribution in [0.2, 0.25) is 0 Å². The molecule has 0 fully saturated rings. The number of carboxylic acid groups (broad SMARTS) is 1. The van der Waals surface area contributed by atoms with Gasteiger partial charge in [-0.25, -0.2) is 4.79 Å². The number of carboxylic acids is 1. The molecule has 3 aromatic rings. The molecule has 1 amide bonds. The van der Waals surface area contributed by atoms with E-state index in [0.717, 1.165) is 21.9 Å². The van der Waals surface area contributed by atoms with Crippen molar-refractivity contribution >= 4 is 22.6 Å². The van der Waals surface area contributed by atoms with Crippen LogP contribution >= 0.6 is 0 Å². The van der Waals surface area contributed by atoms with Crippen LogP contribution in [0.15, 0.2) is 66.7 Å². The highest BCUT2D eigenvalue weighted by molar-refractivity contribution is 6.07. The van der Waals surface area contributed by atoms with Gasteiger partial charge < -0.3 is 10.4 Å². The number of amides is 1. The molecule has 126 valence electrons. The first-order chi connectivity index (χ1) is 12.1. The van der Waals surface area contributed by atoms with E-state index in [1.165, 1.54) is 0 Å². The second-order valence-corrected chi connectivity index (χ2v) is 6.02. The predicted molar refractivity (Wildman–Crippen MR) is 97.7 cm³/mol. The third-order valence-corrected chi connectivity index (χ3v) is 4.32. The largest absolute Gasteiger partial charge is 0.480 e. The molecule has 0 aliphatic rings. The van der Waals surface area contributed by atoms with E-state index in [-0.39, 0.29) is 12.3 Å². The van der Waals surface area contributed by atoms with Crippen LogP contribution < -0.4 is 5.32 Å². The van der Waals surface area contributed by atoms with Gasteiger partial charge in [-0.1, -0.05) is 60.7 Å². The lowest BCUT2D eigenvalue weighted by molar-refractivity contribution is -0.139. The molecule has 3 aromatic carbocycles. The minimum absolute atomic E-state index is 0.249. The monoisotopic (exact) mass is 333 g/mol. The van der Waals surface area contributed by atoms with Crippen molar-refractivity contribution in [1.82, 2.24) is 5.32 Å². The molecule has 0 aromatic heterocycles. The van der Waals surface area contributed by atoms with Crippen LogP contribution in [0.5, 0.6) is 0 Å². The zero-order valence-corrected chi connectivity index (χ0v) is 13.9. The van der Waals surface area contributed by atoms with Gasteiger partial charge in [0.2, 0.25) is 0 Å². The number of benzene rings is 3. The number of carbonyl (C=O) groups is 2. The molecule has 0 radical (unpaired) electrons. The van der Waals surface area contributed by atoms with Crippen LogP contribution in [-0.4, -0.2) is 23.0 Å². The van der Waals surface area contributed by atoms with Crippen molar-refractivity contribution in [3.05, 3.63) is 83.4 Å². The van der Waals surface area contributed by atoms with Crippen LogP contribution in [0.4, 0.5) is 0 Å². The van der Waals surface area contributed by atoms with Gasteiger partial charge in [0.25, 0.3) is 5.91 Å². The van der Waals surface area contributed by atoms with Crippen LogP contribution in [-0.2, 0) is 11.2 Å². The number of aryl methyl sites for hydroxylation is 1. The minimum atomic E-state index is -1.04. The van der Waals surface area contributed by atoms with Crippen LogP contribution in [0.1, 0.15) is 21.5 Å². The molecule has 0 aliphatic heterocycles. The maximum Gasteiger partial charge on any atom is 0.326 e. The van der Waals surface area contributed by atoms with E-state index in [4.69, 9.17) is 0 Å². The van der Waals surface area contributed by atoms with Gasteiger partial charge in [-0.15, -0.1) is 0 Å². The molecule has 1 atom stereocenters. The van der Waals surface area contributed by atoms with Gasteiger partial charge in [-0.05, 0) is 34.9 Å². The van der Waals surface area contributed by atoms with Crippen molar-refractivity contribution in [2.75, 3.05) is 0 Å². The lowest BCUT2D eigenvalue weighted by atomic mass is 10.00. The molecule has 2 N–H and O–H groups in total. The summed E-state index contributed by atoms with van der Waals surface area (Å²) in [6.07, 6.45) is 0.249. The van der Waals surface area contributed by atoms with Crippen molar-refractivity contribution in [3.8, 4) is 0 Å². The Morgan fingerprint density at radius 1 is 0.960 bits per heavy atom. The summed E-state index contributed by atoms with van der Waals surface area (Å²) in [4.78, 5) is 24.3. The van der Waals surface area contributed by atoms with E-state index in [1.54, 1.807) is 12.1 Å². The second kappa shape index (κ2) is 7.18. The average molecular weight is 333 g/mol. The van der Waals surface area contributed by atoms with Gasteiger partial charge >= 0.3 is 5.97 Å². The molecule has 0 unspecified atom stereocenters. The number of nitrogens with one attached hydrogen (secondary N) is 1. The van der Waals surface area contributed by atoms with E-state index >= 15 is 0 Å². The van der Waals surface area contributed by atoms with Crippen molar-refractivity contribution in [3.63, 3.8) is 0 Å². The Morgan fingerprint density at radius 3 is 2.40 bits per heavy atom. The fourth-order valence-electron chi connectivity index (χ4n) is 2.92. The zero-order chi connectivity index (χ0) is 17.8. The fraction of sp³-hybridized carbons (Fsp3) is 0.143. The van der Waals surface area contributed by atoms with Crippen molar-refractivity contribution < 1.29 is 14.7 Å². The number of hydrogen-bond donors (Lipinski definition) is 2. The first kappa shape index (κ1) is 16.7. The molecule has 4 nitrogen and oxygen atoms in total. The molecule has 0 saturated carbocycles. The van der Waals surface area contributed by atoms with E-state index in [0.29, 0.717) is 5.56 Å². The van der Waals surface area contributed by atoms with E-state index in [1.807, 2.05) is 61.5 Å². The number of aliphatic carboxylic acids is 1. The smallest absolute Gasteiger partial charge is 0.326 e. The Morgan fingerprint density at radius 2 is 1.64 bits per heavy atom. The molecule has 0 heterocycles. The standard InChI is InChI=1S/C21H19NO3/c1-14-7-2-3-9-16(14)13-19(21(24)25)22-20(23)18-12-6-10-15-8-4-5-11-17(15)18/h2-12,19H,13H2,1H3,(H,22,23)(H,24,25)/t19-/m0/s1. The van der Waals surface area contributed by atoms with E-state index in [2.05, 4.69) is 5.32 Å². The number of fused-ring (bicyclic) bond motifs is 1. The molecule has 0 spiro atoms. The fourth-order valence-corrected chi connectivity index (χ4v) is 2.92. The summed E-state index contributed by atoms with van der Waals surface area (Å²) in [6, 6.07) is 19.6. The molecule has 0 bridgehead atoms. The maximum absolute atomic E-state index is 12.7. The maximum atomic E-state index is 12.7. The molecule has 0 saturated heterocycles. The topological polar surface area (TPSA) is 66.4 Å². The Kier molecular flexibility index (Phi) is 4.80. The van der Waals surface area contributed by atoms with E-state index < -0.39 is 12.0 Å². The van der Waals surface area contributed by atoms with E-state index in [9.17, 15) is 14.7 Å². The van der Waals surface area contributed by atoms with Crippen molar-refractivity contribution in [2.24, 2.45) is 0 Å². The zero-order valence-electron chi connectivity index (χ0n) is 13.9. The summed E-state index contributed by atoms with van der Waals surface area (Å²) >= 11 is 0. The highest BCUT2D eigenvalue weighted by atomic mass is 16.4. The third kappa shape index (κ3) is 3.69. The Labute approximate surface area is 146 Å². The highest BCUT2D eigenvalue weighted by Gasteiger charge is 2.22. The summed E-state index contributed by atoms with van der Waals surface area (Å²) in [6.45, 7) is 1.93. The first-order valence-corrected chi connectivity index (χ1v) is 8.12. The number of hydrogen-bond acceptors (Lipinski definition) is 2. The highest BCUT2D eigenvalue weighted by Crippen LogP contribution is 2.19. The molecule has 4 heteroatoms. The van der Waals surface area contributed by atoms with Crippen molar-refractivity contribution in [1.29, 1.82) is 0 Å². The average Bonchev–Trinajstić information content (AvgIpc) is 2.62.